The molecule has 88 valence electrons. The van der Waals surface area contributed by atoms with Crippen LogP contribution in [0.25, 0.3) is 0 Å². The summed E-state index contributed by atoms with van der Waals surface area (Å²) < 4.78 is 0. The number of nitrogens with one attached hydrogen (secondary N) is 2. The summed E-state index contributed by atoms with van der Waals surface area (Å²) in [6.45, 7) is 4.93. The molecule has 15 heavy (non-hydrogen) atoms. The molecule has 0 aliphatic heterocycles. The lowest BCUT2D eigenvalue weighted by molar-refractivity contribution is -0.120. The summed E-state index contributed by atoms with van der Waals surface area (Å²) in [5.74, 6) is -0.330. The normalized spacial score (nSPS) is 10.5. The molecular weight excluding hydrogens is 196 g/mol. The number of amides is 3. The highest BCUT2D eigenvalue weighted by atomic mass is 16.2. The smallest absolute Gasteiger partial charge is 0.321 e. The Hall–Kier alpha value is -1.14. The Labute approximate surface area is 90.2 Å². The molecule has 0 fully saturated rings. The van der Waals surface area contributed by atoms with Crippen molar-refractivity contribution in [2.75, 3.05) is 26.7 Å². The number of nitrogens with zero attached hydrogens (tertiary/aromatic N) is 1. The molecule has 6 heteroatoms. The summed E-state index contributed by atoms with van der Waals surface area (Å²) in [5, 5.41) is 4.79. The zero-order valence-corrected chi connectivity index (χ0v) is 9.54. The Morgan fingerprint density at radius 2 is 2.00 bits per heavy atom. The van der Waals surface area contributed by atoms with Gasteiger partial charge in [0.1, 0.15) is 0 Å². The Kier molecular flexibility index (Phi) is 6.64. The van der Waals surface area contributed by atoms with Crippen LogP contribution < -0.4 is 16.4 Å². The Bertz CT molecular complexity index is 218. The predicted octanol–water partition coefficient (Wildman–Crippen LogP) is -0.889. The fourth-order valence-electron chi connectivity index (χ4n) is 1.01. The second-order valence-corrected chi connectivity index (χ2v) is 3.70. The average molecular weight is 216 g/mol. The molecule has 0 unspecified atom stereocenters. The molecule has 0 aliphatic carbocycles. The van der Waals surface area contributed by atoms with Crippen LogP contribution in [0.4, 0.5) is 4.79 Å². The van der Waals surface area contributed by atoms with E-state index in [0.717, 1.165) is 0 Å². The van der Waals surface area contributed by atoms with Crippen molar-refractivity contribution in [3.8, 4) is 0 Å². The maximum atomic E-state index is 11.3. The number of hydrogen-bond acceptors (Lipinski definition) is 4. The molecule has 0 saturated carbocycles. The average Bonchev–Trinajstić information content (AvgIpc) is 2.00. The van der Waals surface area contributed by atoms with Gasteiger partial charge in [-0.1, -0.05) is 0 Å². The van der Waals surface area contributed by atoms with Gasteiger partial charge in [-0.15, -0.1) is 0 Å². The first-order valence-electron chi connectivity index (χ1n) is 4.94. The van der Waals surface area contributed by atoms with Crippen molar-refractivity contribution in [2.45, 2.75) is 19.9 Å². The molecule has 0 atom stereocenters. The quantitative estimate of drug-likeness (QED) is 0.556. The van der Waals surface area contributed by atoms with Crippen LogP contribution in [-0.2, 0) is 4.79 Å². The predicted molar refractivity (Wildman–Crippen MR) is 58.4 cm³/mol. The second-order valence-electron chi connectivity index (χ2n) is 3.70. The number of carbonyl (C=O) groups excluding carboxylic acids is 2. The molecule has 0 spiro atoms. The molecule has 6 nitrogen and oxygen atoms in total. The van der Waals surface area contributed by atoms with Gasteiger partial charge in [-0.25, -0.2) is 4.79 Å². The molecule has 4 N–H and O–H groups in total. The zero-order chi connectivity index (χ0) is 11.8. The van der Waals surface area contributed by atoms with Crippen LogP contribution in [-0.4, -0.2) is 49.6 Å². The summed E-state index contributed by atoms with van der Waals surface area (Å²) in [6.07, 6.45) is 0. The van der Waals surface area contributed by atoms with E-state index >= 15 is 0 Å². The maximum absolute atomic E-state index is 11.3. The van der Waals surface area contributed by atoms with Crippen molar-refractivity contribution in [3.63, 3.8) is 0 Å². The van der Waals surface area contributed by atoms with Gasteiger partial charge in [-0.3, -0.25) is 15.0 Å². The number of nitrogens with two attached hydrogens (primary N) is 1. The lowest BCUT2D eigenvalue weighted by Crippen LogP contribution is -2.46. The molecule has 0 aliphatic rings. The van der Waals surface area contributed by atoms with E-state index in [4.69, 9.17) is 5.73 Å². The zero-order valence-electron chi connectivity index (χ0n) is 9.54. The molecule has 0 radical (unpaired) electrons. The molecular formula is C9H20N4O2. The van der Waals surface area contributed by atoms with Crippen LogP contribution in [0.3, 0.4) is 0 Å². The third-order valence-corrected chi connectivity index (χ3v) is 1.60. The van der Waals surface area contributed by atoms with Gasteiger partial charge in [0.25, 0.3) is 0 Å². The van der Waals surface area contributed by atoms with Crippen LogP contribution in [0.1, 0.15) is 13.8 Å². The molecule has 0 rings (SSSR count). The van der Waals surface area contributed by atoms with Crippen LogP contribution in [0.2, 0.25) is 0 Å². The van der Waals surface area contributed by atoms with Crippen molar-refractivity contribution in [1.82, 2.24) is 15.5 Å². The number of likely N-dealkylation sites (N-methyl/N-ethyl adjacent to an activating group) is 1. The van der Waals surface area contributed by atoms with Crippen molar-refractivity contribution >= 4 is 11.9 Å². The molecule has 0 saturated heterocycles. The van der Waals surface area contributed by atoms with Crippen LogP contribution in [0, 0.1) is 0 Å². The van der Waals surface area contributed by atoms with E-state index in [1.54, 1.807) is 11.9 Å². The molecule has 0 aromatic heterocycles. The van der Waals surface area contributed by atoms with Gasteiger partial charge >= 0.3 is 6.03 Å². The first kappa shape index (κ1) is 13.9. The third kappa shape index (κ3) is 7.90. The molecule has 0 bridgehead atoms. The minimum Gasteiger partial charge on any atom is -0.336 e. The topological polar surface area (TPSA) is 87.5 Å². The van der Waals surface area contributed by atoms with E-state index in [1.165, 1.54) is 0 Å². The summed E-state index contributed by atoms with van der Waals surface area (Å²) in [6, 6.07) is -0.448. The van der Waals surface area contributed by atoms with Gasteiger partial charge in [0.15, 0.2) is 0 Å². The standard InChI is InChI=1S/C9H20N4O2/c1-7(2)11-9(15)12-8(14)6-13(3)5-4-10/h7H,4-6,10H2,1-3H3,(H2,11,12,14,15). The Morgan fingerprint density at radius 3 is 2.47 bits per heavy atom. The fraction of sp³-hybridized carbons (Fsp3) is 0.778. The van der Waals surface area contributed by atoms with Crippen LogP contribution in [0.15, 0.2) is 0 Å². The van der Waals surface area contributed by atoms with Gasteiger partial charge in [0, 0.05) is 19.1 Å². The van der Waals surface area contributed by atoms with E-state index in [1.807, 2.05) is 13.8 Å². The maximum Gasteiger partial charge on any atom is 0.321 e. The van der Waals surface area contributed by atoms with Gasteiger partial charge in [0.05, 0.1) is 6.54 Å². The van der Waals surface area contributed by atoms with E-state index in [0.29, 0.717) is 13.1 Å². The van der Waals surface area contributed by atoms with Crippen molar-refractivity contribution in [1.29, 1.82) is 0 Å². The summed E-state index contributed by atoms with van der Waals surface area (Å²) in [4.78, 5) is 24.1. The number of carbonyl (C=O) groups is 2. The summed E-state index contributed by atoms with van der Waals surface area (Å²) >= 11 is 0. The minimum atomic E-state index is -0.462. The lowest BCUT2D eigenvalue weighted by Gasteiger charge is -2.15. The van der Waals surface area contributed by atoms with Crippen molar-refractivity contribution < 1.29 is 9.59 Å². The Morgan fingerprint density at radius 1 is 1.40 bits per heavy atom. The molecule has 3 amide bonds. The number of hydrogen-bond donors (Lipinski definition) is 3. The molecule has 0 heterocycles. The van der Waals surface area contributed by atoms with E-state index in [9.17, 15) is 9.59 Å². The third-order valence-electron chi connectivity index (χ3n) is 1.60. The first-order valence-corrected chi connectivity index (χ1v) is 4.94. The molecule has 0 aromatic rings. The van der Waals surface area contributed by atoms with Crippen LogP contribution >= 0.6 is 0 Å². The van der Waals surface area contributed by atoms with E-state index in [2.05, 4.69) is 10.6 Å². The number of rotatable bonds is 5. The second kappa shape index (κ2) is 7.19. The first-order chi connectivity index (χ1) is 6.95. The van der Waals surface area contributed by atoms with E-state index < -0.39 is 6.03 Å². The van der Waals surface area contributed by atoms with Gasteiger partial charge in [-0.05, 0) is 20.9 Å². The Balaban J connectivity index is 3.78. The molecule has 0 aromatic carbocycles. The lowest BCUT2D eigenvalue weighted by atomic mass is 10.4. The number of urea groups is 1. The minimum absolute atomic E-state index is 0.0135. The van der Waals surface area contributed by atoms with Gasteiger partial charge in [-0.2, -0.15) is 0 Å². The highest BCUT2D eigenvalue weighted by molar-refractivity contribution is 5.95. The summed E-state index contributed by atoms with van der Waals surface area (Å²) in [7, 11) is 1.77. The summed E-state index contributed by atoms with van der Waals surface area (Å²) in [5.41, 5.74) is 5.32. The highest BCUT2D eigenvalue weighted by Gasteiger charge is 2.10. The van der Waals surface area contributed by atoms with Gasteiger partial charge in [0.2, 0.25) is 5.91 Å². The van der Waals surface area contributed by atoms with Crippen molar-refractivity contribution in [3.05, 3.63) is 0 Å². The van der Waals surface area contributed by atoms with Crippen molar-refractivity contribution in [2.24, 2.45) is 5.73 Å². The monoisotopic (exact) mass is 216 g/mol. The number of imide groups is 1. The largest absolute Gasteiger partial charge is 0.336 e. The van der Waals surface area contributed by atoms with Crippen LogP contribution in [0.5, 0.6) is 0 Å². The highest BCUT2D eigenvalue weighted by Crippen LogP contribution is 1.81. The van der Waals surface area contributed by atoms with E-state index in [-0.39, 0.29) is 18.5 Å². The van der Waals surface area contributed by atoms with Gasteiger partial charge < -0.3 is 11.1 Å². The fourth-order valence-corrected chi connectivity index (χ4v) is 1.01. The SMILES string of the molecule is CC(C)NC(=O)NC(=O)CN(C)CCN.